The Morgan fingerprint density at radius 1 is 0.917 bits per heavy atom. The van der Waals surface area contributed by atoms with Crippen LogP contribution in [0.5, 0.6) is 0 Å². The van der Waals surface area contributed by atoms with E-state index in [1.807, 2.05) is 0 Å². The standard InChI is InChI=1S/C17H13F3N2O2/c18-13-6-5-9(14(19)15(13)20)7-10(21)8-22-16(23)11-3-1-2-4-12(11)17(22)24/h1-6,10H,7-8,21H2/t10-/m0/s1. The number of halogens is 3. The van der Waals surface area contributed by atoms with Crippen molar-refractivity contribution in [3.63, 3.8) is 0 Å². The normalized spacial score (nSPS) is 14.9. The van der Waals surface area contributed by atoms with Gasteiger partial charge in [0.1, 0.15) is 0 Å². The number of nitrogens with two attached hydrogens (primary N) is 1. The first-order valence-electron chi connectivity index (χ1n) is 7.23. The maximum Gasteiger partial charge on any atom is 0.261 e. The van der Waals surface area contributed by atoms with E-state index in [0.717, 1.165) is 17.0 Å². The first-order valence-corrected chi connectivity index (χ1v) is 7.23. The highest BCUT2D eigenvalue weighted by molar-refractivity contribution is 6.21. The van der Waals surface area contributed by atoms with Crippen molar-refractivity contribution < 1.29 is 22.8 Å². The lowest BCUT2D eigenvalue weighted by Gasteiger charge is -2.19. The van der Waals surface area contributed by atoms with Crippen LogP contribution in [-0.2, 0) is 6.42 Å². The van der Waals surface area contributed by atoms with Crippen LogP contribution in [0.25, 0.3) is 0 Å². The molecule has 0 saturated heterocycles. The minimum Gasteiger partial charge on any atom is -0.326 e. The zero-order chi connectivity index (χ0) is 17.4. The third-order valence-electron chi connectivity index (χ3n) is 3.89. The molecule has 1 aliphatic heterocycles. The molecule has 0 unspecified atom stereocenters. The van der Waals surface area contributed by atoms with Crippen molar-refractivity contribution in [1.82, 2.24) is 4.90 Å². The molecule has 24 heavy (non-hydrogen) atoms. The minimum atomic E-state index is -1.57. The van der Waals surface area contributed by atoms with Gasteiger partial charge < -0.3 is 5.73 Å². The second-order valence-electron chi connectivity index (χ2n) is 5.57. The number of rotatable bonds is 4. The van der Waals surface area contributed by atoms with E-state index >= 15 is 0 Å². The van der Waals surface area contributed by atoms with E-state index in [1.54, 1.807) is 12.1 Å². The van der Waals surface area contributed by atoms with Crippen LogP contribution in [0.2, 0.25) is 0 Å². The van der Waals surface area contributed by atoms with Gasteiger partial charge in [-0.25, -0.2) is 13.2 Å². The van der Waals surface area contributed by atoms with E-state index in [4.69, 9.17) is 5.73 Å². The van der Waals surface area contributed by atoms with Gasteiger partial charge >= 0.3 is 0 Å². The summed E-state index contributed by atoms with van der Waals surface area (Å²) >= 11 is 0. The number of hydrogen-bond donors (Lipinski definition) is 1. The van der Waals surface area contributed by atoms with Crippen LogP contribution in [0.4, 0.5) is 13.2 Å². The molecule has 3 rings (SSSR count). The fourth-order valence-corrected chi connectivity index (χ4v) is 2.71. The summed E-state index contributed by atoms with van der Waals surface area (Å²) in [6, 6.07) is 7.45. The molecule has 1 heterocycles. The van der Waals surface area contributed by atoms with Crippen LogP contribution < -0.4 is 5.73 Å². The van der Waals surface area contributed by atoms with Crippen molar-refractivity contribution in [3.05, 3.63) is 70.5 Å². The van der Waals surface area contributed by atoms with Crippen molar-refractivity contribution in [2.45, 2.75) is 12.5 Å². The lowest BCUT2D eigenvalue weighted by molar-refractivity contribution is 0.0644. The summed E-state index contributed by atoms with van der Waals surface area (Å²) < 4.78 is 39.9. The first kappa shape index (κ1) is 16.2. The molecule has 2 aromatic carbocycles. The van der Waals surface area contributed by atoms with E-state index in [9.17, 15) is 22.8 Å². The Morgan fingerprint density at radius 3 is 2.08 bits per heavy atom. The molecule has 0 radical (unpaired) electrons. The van der Waals surface area contributed by atoms with E-state index in [2.05, 4.69) is 0 Å². The van der Waals surface area contributed by atoms with Crippen LogP contribution in [-0.4, -0.2) is 29.3 Å². The molecule has 2 N–H and O–H groups in total. The van der Waals surface area contributed by atoms with Crippen LogP contribution in [0.1, 0.15) is 26.3 Å². The predicted octanol–water partition coefficient (Wildman–Crippen LogP) is 2.27. The predicted molar refractivity (Wildman–Crippen MR) is 79.8 cm³/mol. The molecule has 0 spiro atoms. The number of benzene rings is 2. The third kappa shape index (κ3) is 2.67. The molecule has 0 aliphatic carbocycles. The largest absolute Gasteiger partial charge is 0.326 e. The summed E-state index contributed by atoms with van der Waals surface area (Å²) in [6.07, 6.45) is -0.142. The quantitative estimate of drug-likeness (QED) is 0.689. The highest BCUT2D eigenvalue weighted by Gasteiger charge is 2.35. The molecule has 2 amide bonds. The molecule has 0 saturated carbocycles. The summed E-state index contributed by atoms with van der Waals surface area (Å²) in [7, 11) is 0. The molecule has 124 valence electrons. The lowest BCUT2D eigenvalue weighted by atomic mass is 10.0. The second-order valence-corrected chi connectivity index (χ2v) is 5.57. The average molecular weight is 334 g/mol. The highest BCUT2D eigenvalue weighted by Crippen LogP contribution is 2.23. The summed E-state index contributed by atoms with van der Waals surface area (Å²) in [6.45, 7) is -0.148. The molecule has 7 heteroatoms. The number of carbonyl (C=O) groups is 2. The van der Waals surface area contributed by atoms with Crippen molar-refractivity contribution in [2.24, 2.45) is 5.73 Å². The van der Waals surface area contributed by atoms with Crippen LogP contribution >= 0.6 is 0 Å². The minimum absolute atomic E-state index is 0.113. The Kier molecular flexibility index (Phi) is 4.11. The average Bonchev–Trinajstić information content (AvgIpc) is 2.81. The molecule has 2 aromatic rings. The number of hydrogen-bond acceptors (Lipinski definition) is 3. The topological polar surface area (TPSA) is 63.4 Å². The van der Waals surface area contributed by atoms with Crippen molar-refractivity contribution in [1.29, 1.82) is 0 Å². The van der Waals surface area contributed by atoms with E-state index in [0.29, 0.717) is 0 Å². The molecule has 0 bridgehead atoms. The van der Waals surface area contributed by atoms with Crippen molar-refractivity contribution >= 4 is 11.8 Å². The van der Waals surface area contributed by atoms with E-state index in [1.165, 1.54) is 12.1 Å². The third-order valence-corrected chi connectivity index (χ3v) is 3.89. The Labute approximate surface area is 135 Å². The lowest BCUT2D eigenvalue weighted by Crippen LogP contribution is -2.42. The Balaban J connectivity index is 1.75. The first-order chi connectivity index (χ1) is 11.4. The molecule has 1 atom stereocenters. The van der Waals surface area contributed by atoms with Gasteiger partial charge in [-0.15, -0.1) is 0 Å². The maximum absolute atomic E-state index is 13.7. The Bertz CT molecular complexity index is 804. The van der Waals surface area contributed by atoms with Gasteiger partial charge in [0.25, 0.3) is 11.8 Å². The molecule has 1 aliphatic rings. The number of nitrogens with zero attached hydrogens (tertiary/aromatic N) is 1. The van der Waals surface area contributed by atoms with Crippen LogP contribution in [0, 0.1) is 17.5 Å². The van der Waals surface area contributed by atoms with Gasteiger partial charge in [0.2, 0.25) is 0 Å². The monoisotopic (exact) mass is 334 g/mol. The van der Waals surface area contributed by atoms with E-state index in [-0.39, 0.29) is 29.7 Å². The van der Waals surface area contributed by atoms with Gasteiger partial charge in [-0.2, -0.15) is 0 Å². The summed E-state index contributed by atoms with van der Waals surface area (Å²) in [5.41, 5.74) is 6.33. The SMILES string of the molecule is N[C@@H](Cc1ccc(F)c(F)c1F)CN1C(=O)c2ccccc2C1=O. The number of carbonyl (C=O) groups excluding carboxylic acids is 2. The molecular weight excluding hydrogens is 321 g/mol. The van der Waals surface area contributed by atoms with Crippen molar-refractivity contribution in [3.8, 4) is 0 Å². The van der Waals surface area contributed by atoms with Gasteiger partial charge in [-0.1, -0.05) is 18.2 Å². The number of fused-ring (bicyclic) bond motifs is 1. The smallest absolute Gasteiger partial charge is 0.261 e. The van der Waals surface area contributed by atoms with Gasteiger partial charge in [-0.05, 0) is 30.2 Å². The second kappa shape index (κ2) is 6.09. The summed E-state index contributed by atoms with van der Waals surface area (Å²) in [5.74, 6) is -5.12. The van der Waals surface area contributed by atoms with Gasteiger partial charge in [0.05, 0.1) is 11.1 Å². The number of imide groups is 1. The fraction of sp³-hybridized carbons (Fsp3) is 0.176. The molecule has 0 fully saturated rings. The molecule has 0 aromatic heterocycles. The van der Waals surface area contributed by atoms with Gasteiger partial charge in [-0.3, -0.25) is 14.5 Å². The summed E-state index contributed by atoms with van der Waals surface area (Å²) in [4.78, 5) is 25.4. The highest BCUT2D eigenvalue weighted by atomic mass is 19.2. The number of amides is 2. The zero-order valence-electron chi connectivity index (χ0n) is 12.4. The zero-order valence-corrected chi connectivity index (χ0v) is 12.4. The Hall–Kier alpha value is -2.67. The van der Waals surface area contributed by atoms with Crippen molar-refractivity contribution in [2.75, 3.05) is 6.54 Å². The van der Waals surface area contributed by atoms with Crippen LogP contribution in [0.15, 0.2) is 36.4 Å². The fourth-order valence-electron chi connectivity index (χ4n) is 2.71. The Morgan fingerprint density at radius 2 is 1.50 bits per heavy atom. The van der Waals surface area contributed by atoms with Gasteiger partial charge in [0.15, 0.2) is 17.5 Å². The van der Waals surface area contributed by atoms with Crippen LogP contribution in [0.3, 0.4) is 0 Å². The summed E-state index contributed by atoms with van der Waals surface area (Å²) in [5, 5.41) is 0. The molecular formula is C17H13F3N2O2. The van der Waals surface area contributed by atoms with E-state index < -0.39 is 35.3 Å². The maximum atomic E-state index is 13.7. The van der Waals surface area contributed by atoms with Gasteiger partial charge in [0, 0.05) is 12.6 Å². The molecule has 4 nitrogen and oxygen atoms in total.